The Balaban J connectivity index is 2.15. The van der Waals surface area contributed by atoms with E-state index in [-0.39, 0.29) is 0 Å². The van der Waals surface area contributed by atoms with E-state index in [2.05, 4.69) is 25.1 Å². The van der Waals surface area contributed by atoms with Crippen molar-refractivity contribution in [2.24, 2.45) is 5.92 Å². The number of carbonyl (C=O) groups is 1. The maximum absolute atomic E-state index is 10.9. The van der Waals surface area contributed by atoms with Crippen LogP contribution in [0.4, 0.5) is 0 Å². The van der Waals surface area contributed by atoms with Crippen LogP contribution in [0.2, 0.25) is 0 Å². The minimum absolute atomic E-state index is 0.431. The largest absolute Gasteiger partial charge is 0.481 e. The Hall–Kier alpha value is -1.57. The number of allylic oxidation sites excluding steroid dienone is 2. The van der Waals surface area contributed by atoms with Gasteiger partial charge in [-0.05, 0) is 48.8 Å². The van der Waals surface area contributed by atoms with Gasteiger partial charge in [0.1, 0.15) is 0 Å². The number of aliphatic carboxylic acids is 1. The molecule has 0 heterocycles. The van der Waals surface area contributed by atoms with E-state index in [0.717, 1.165) is 24.3 Å². The van der Waals surface area contributed by atoms with Crippen molar-refractivity contribution in [1.82, 2.24) is 0 Å². The van der Waals surface area contributed by atoms with Crippen molar-refractivity contribution < 1.29 is 9.90 Å². The number of rotatable bonds is 3. The number of carboxylic acid groups (broad SMARTS) is 1. The Bertz CT molecular complexity index is 456. The first kappa shape index (κ1) is 12.9. The fourth-order valence-corrected chi connectivity index (χ4v) is 2.36. The van der Waals surface area contributed by atoms with E-state index >= 15 is 0 Å². The van der Waals surface area contributed by atoms with Crippen LogP contribution >= 0.6 is 0 Å². The maximum Gasteiger partial charge on any atom is 0.310 e. The monoisotopic (exact) mass is 244 g/mol. The lowest BCUT2D eigenvalue weighted by molar-refractivity contribution is -0.138. The first-order chi connectivity index (χ1) is 8.58. The molecule has 0 fully saturated rings. The number of hydrogen-bond donors (Lipinski definition) is 1. The molecule has 2 nitrogen and oxygen atoms in total. The fourth-order valence-electron chi connectivity index (χ4n) is 2.36. The Morgan fingerprint density at radius 2 is 2.00 bits per heavy atom. The minimum atomic E-state index is -0.770. The number of benzene rings is 1. The van der Waals surface area contributed by atoms with E-state index in [1.807, 2.05) is 12.1 Å². The van der Waals surface area contributed by atoms with E-state index in [1.165, 1.54) is 17.6 Å². The molecule has 0 spiro atoms. The molecular formula is C16H20O2. The molecule has 96 valence electrons. The molecule has 1 aliphatic carbocycles. The van der Waals surface area contributed by atoms with Gasteiger partial charge in [0.05, 0.1) is 5.92 Å². The summed E-state index contributed by atoms with van der Waals surface area (Å²) in [5, 5.41) is 8.97. The Kier molecular flexibility index (Phi) is 3.85. The molecule has 2 rings (SSSR count). The van der Waals surface area contributed by atoms with Crippen LogP contribution in [-0.4, -0.2) is 11.1 Å². The van der Waals surface area contributed by atoms with Gasteiger partial charge in [0.2, 0.25) is 0 Å². The van der Waals surface area contributed by atoms with E-state index in [0.29, 0.717) is 0 Å². The summed E-state index contributed by atoms with van der Waals surface area (Å²) >= 11 is 0. The first-order valence-corrected chi connectivity index (χ1v) is 6.60. The molecule has 2 heteroatoms. The lowest BCUT2D eigenvalue weighted by Crippen LogP contribution is -2.07. The predicted octanol–water partition coefficient (Wildman–Crippen LogP) is 4.08. The highest BCUT2D eigenvalue weighted by atomic mass is 16.4. The molecule has 0 bridgehead atoms. The third-order valence-electron chi connectivity index (χ3n) is 3.82. The molecule has 2 unspecified atom stereocenters. The summed E-state index contributed by atoms with van der Waals surface area (Å²) in [6, 6.07) is 7.98. The summed E-state index contributed by atoms with van der Waals surface area (Å²) < 4.78 is 0. The van der Waals surface area contributed by atoms with Crippen molar-refractivity contribution in [3.63, 3.8) is 0 Å². The molecule has 18 heavy (non-hydrogen) atoms. The summed E-state index contributed by atoms with van der Waals surface area (Å²) in [6.07, 6.45) is 5.86. The van der Waals surface area contributed by atoms with Gasteiger partial charge in [-0.1, -0.05) is 37.3 Å². The lowest BCUT2D eigenvalue weighted by atomic mass is 9.87. The highest BCUT2D eigenvalue weighted by Crippen LogP contribution is 2.30. The van der Waals surface area contributed by atoms with Crippen molar-refractivity contribution in [3.8, 4) is 0 Å². The quantitative estimate of drug-likeness (QED) is 0.870. The van der Waals surface area contributed by atoms with Crippen molar-refractivity contribution in [2.45, 2.75) is 39.0 Å². The Morgan fingerprint density at radius 3 is 2.50 bits per heavy atom. The Morgan fingerprint density at radius 1 is 1.33 bits per heavy atom. The smallest absolute Gasteiger partial charge is 0.310 e. The van der Waals surface area contributed by atoms with Crippen LogP contribution in [0, 0.1) is 5.92 Å². The van der Waals surface area contributed by atoms with Crippen LogP contribution in [-0.2, 0) is 4.79 Å². The Labute approximate surface area is 108 Å². The second kappa shape index (κ2) is 5.38. The zero-order valence-electron chi connectivity index (χ0n) is 11.0. The SMILES string of the molecule is CC1CC=C(c2ccc(C(C)C(=O)O)cc2)CC1. The fraction of sp³-hybridized carbons (Fsp3) is 0.438. The molecule has 1 aromatic rings. The van der Waals surface area contributed by atoms with Crippen molar-refractivity contribution in [3.05, 3.63) is 41.5 Å². The first-order valence-electron chi connectivity index (χ1n) is 6.60. The summed E-state index contributed by atoms with van der Waals surface area (Å²) in [7, 11) is 0. The van der Waals surface area contributed by atoms with Gasteiger partial charge in [-0.2, -0.15) is 0 Å². The van der Waals surface area contributed by atoms with Gasteiger partial charge in [-0.3, -0.25) is 4.79 Å². The average molecular weight is 244 g/mol. The van der Waals surface area contributed by atoms with E-state index in [9.17, 15) is 4.79 Å². The summed E-state index contributed by atoms with van der Waals surface area (Å²) in [6.45, 7) is 4.00. The molecule has 0 saturated carbocycles. The van der Waals surface area contributed by atoms with E-state index in [1.54, 1.807) is 6.92 Å². The summed E-state index contributed by atoms with van der Waals surface area (Å²) in [5.41, 5.74) is 3.52. The predicted molar refractivity (Wildman–Crippen MR) is 73.5 cm³/mol. The van der Waals surface area contributed by atoms with E-state index < -0.39 is 11.9 Å². The molecule has 1 N–H and O–H groups in total. The standard InChI is InChI=1S/C16H20O2/c1-11-3-5-14(6-4-11)15-9-7-13(8-10-15)12(2)16(17)18/h5,7-12H,3-4,6H2,1-2H3,(H,17,18). The molecule has 0 saturated heterocycles. The molecule has 2 atom stereocenters. The van der Waals surface area contributed by atoms with Gasteiger partial charge in [0.15, 0.2) is 0 Å². The van der Waals surface area contributed by atoms with Gasteiger partial charge >= 0.3 is 5.97 Å². The molecule has 0 radical (unpaired) electrons. The number of hydrogen-bond acceptors (Lipinski definition) is 1. The zero-order valence-corrected chi connectivity index (χ0v) is 11.0. The second-order valence-corrected chi connectivity index (χ2v) is 5.29. The van der Waals surface area contributed by atoms with Gasteiger partial charge in [-0.25, -0.2) is 0 Å². The minimum Gasteiger partial charge on any atom is -0.481 e. The van der Waals surface area contributed by atoms with Crippen molar-refractivity contribution >= 4 is 11.5 Å². The van der Waals surface area contributed by atoms with Crippen LogP contribution in [0.15, 0.2) is 30.3 Å². The summed E-state index contributed by atoms with van der Waals surface area (Å²) in [4.78, 5) is 10.9. The topological polar surface area (TPSA) is 37.3 Å². The molecule has 0 aromatic heterocycles. The molecule has 1 aromatic carbocycles. The van der Waals surface area contributed by atoms with Gasteiger partial charge < -0.3 is 5.11 Å². The van der Waals surface area contributed by atoms with Crippen LogP contribution in [0.3, 0.4) is 0 Å². The zero-order chi connectivity index (χ0) is 13.1. The molecule has 0 aliphatic heterocycles. The molecule has 0 amide bonds. The highest BCUT2D eigenvalue weighted by molar-refractivity contribution is 5.76. The van der Waals surface area contributed by atoms with Crippen molar-refractivity contribution in [2.75, 3.05) is 0 Å². The van der Waals surface area contributed by atoms with Crippen LogP contribution in [0.25, 0.3) is 5.57 Å². The van der Waals surface area contributed by atoms with E-state index in [4.69, 9.17) is 5.11 Å². The molecular weight excluding hydrogens is 224 g/mol. The average Bonchev–Trinajstić information content (AvgIpc) is 2.39. The summed E-state index contributed by atoms with van der Waals surface area (Å²) in [5.74, 6) is -0.409. The highest BCUT2D eigenvalue weighted by Gasteiger charge is 2.15. The van der Waals surface area contributed by atoms with Crippen LogP contribution in [0.1, 0.15) is 50.2 Å². The third kappa shape index (κ3) is 2.81. The van der Waals surface area contributed by atoms with Crippen molar-refractivity contribution in [1.29, 1.82) is 0 Å². The van der Waals surface area contributed by atoms with Crippen LogP contribution < -0.4 is 0 Å². The third-order valence-corrected chi connectivity index (χ3v) is 3.82. The van der Waals surface area contributed by atoms with Gasteiger partial charge in [0, 0.05) is 0 Å². The molecule has 1 aliphatic rings. The van der Waals surface area contributed by atoms with Gasteiger partial charge in [-0.15, -0.1) is 0 Å². The maximum atomic E-state index is 10.9. The van der Waals surface area contributed by atoms with Gasteiger partial charge in [0.25, 0.3) is 0 Å². The second-order valence-electron chi connectivity index (χ2n) is 5.29. The number of carboxylic acids is 1. The lowest BCUT2D eigenvalue weighted by Gasteiger charge is -2.18. The van der Waals surface area contributed by atoms with Crippen LogP contribution in [0.5, 0.6) is 0 Å². The normalized spacial score (nSPS) is 21.2.